The number of amides is 2. The Hall–Kier alpha value is -2.71. The summed E-state index contributed by atoms with van der Waals surface area (Å²) >= 11 is 0. The normalized spacial score (nSPS) is 15.0. The number of hydrogen-bond donors (Lipinski definition) is 1. The molecule has 2 aromatic rings. The summed E-state index contributed by atoms with van der Waals surface area (Å²) in [6.45, 7) is 15.4. The highest BCUT2D eigenvalue weighted by Crippen LogP contribution is 2.23. The second kappa shape index (κ2) is 10.7. The molecule has 0 saturated carbocycles. The van der Waals surface area contributed by atoms with Crippen molar-refractivity contribution in [3.63, 3.8) is 0 Å². The average molecular weight is 441 g/mol. The summed E-state index contributed by atoms with van der Waals surface area (Å²) in [5.41, 5.74) is 4.67. The molecule has 174 valence electrons. The molecule has 32 heavy (non-hydrogen) atoms. The monoisotopic (exact) mass is 440 g/mol. The predicted molar refractivity (Wildman–Crippen MR) is 127 cm³/mol. The van der Waals surface area contributed by atoms with Crippen LogP contribution in [0.25, 0.3) is 5.69 Å². The van der Waals surface area contributed by atoms with E-state index in [1.165, 1.54) is 5.56 Å². The third-order valence-electron chi connectivity index (χ3n) is 6.14. The van der Waals surface area contributed by atoms with Crippen molar-refractivity contribution in [1.29, 1.82) is 0 Å². The molecule has 0 spiro atoms. The number of carbonyl (C=O) groups is 2. The molecule has 0 aliphatic carbocycles. The molecular weight excluding hydrogens is 404 g/mol. The highest BCUT2D eigenvalue weighted by atomic mass is 16.2. The second-order valence-electron chi connectivity index (χ2n) is 8.46. The number of hydrogen-bond acceptors (Lipinski definition) is 5. The third-order valence-corrected chi connectivity index (χ3v) is 6.14. The minimum absolute atomic E-state index is 0.0349. The molecule has 3 rings (SSSR count). The number of aromatic nitrogens is 2. The van der Waals surface area contributed by atoms with Crippen molar-refractivity contribution in [1.82, 2.24) is 24.5 Å². The van der Waals surface area contributed by atoms with Crippen LogP contribution in [0.2, 0.25) is 0 Å². The third kappa shape index (κ3) is 5.75. The van der Waals surface area contributed by atoms with Crippen molar-refractivity contribution >= 4 is 17.5 Å². The van der Waals surface area contributed by atoms with Gasteiger partial charge in [-0.3, -0.25) is 19.4 Å². The maximum Gasteiger partial charge on any atom is 0.238 e. The molecule has 1 saturated heterocycles. The molecule has 0 atom stereocenters. The molecule has 0 unspecified atom stereocenters. The van der Waals surface area contributed by atoms with Gasteiger partial charge < -0.3 is 10.2 Å². The number of rotatable bonds is 8. The zero-order valence-corrected chi connectivity index (χ0v) is 20.0. The molecule has 0 bridgehead atoms. The quantitative estimate of drug-likeness (QED) is 0.681. The van der Waals surface area contributed by atoms with E-state index in [0.717, 1.165) is 62.0 Å². The van der Waals surface area contributed by atoms with Gasteiger partial charge >= 0.3 is 0 Å². The van der Waals surface area contributed by atoms with Crippen LogP contribution >= 0.6 is 0 Å². The van der Waals surface area contributed by atoms with Crippen molar-refractivity contribution in [2.24, 2.45) is 0 Å². The van der Waals surface area contributed by atoms with Crippen LogP contribution in [0.3, 0.4) is 0 Å². The van der Waals surface area contributed by atoms with Gasteiger partial charge in [0.1, 0.15) is 0 Å². The van der Waals surface area contributed by atoms with E-state index in [1.54, 1.807) is 0 Å². The van der Waals surface area contributed by atoms with E-state index in [-0.39, 0.29) is 11.8 Å². The first-order chi connectivity index (χ1) is 15.3. The van der Waals surface area contributed by atoms with Crippen molar-refractivity contribution in [3.05, 3.63) is 41.2 Å². The molecule has 1 aliphatic heterocycles. The van der Waals surface area contributed by atoms with Crippen LogP contribution in [0, 0.1) is 20.8 Å². The number of carbonyl (C=O) groups excluding carboxylic acids is 2. The Kier molecular flexibility index (Phi) is 8.04. The summed E-state index contributed by atoms with van der Waals surface area (Å²) in [7, 11) is 0. The van der Waals surface area contributed by atoms with Gasteiger partial charge in [-0.25, -0.2) is 4.68 Å². The van der Waals surface area contributed by atoms with Crippen LogP contribution in [0.4, 0.5) is 5.69 Å². The van der Waals surface area contributed by atoms with E-state index in [1.807, 2.05) is 49.4 Å². The molecule has 2 amide bonds. The van der Waals surface area contributed by atoms with Crippen LogP contribution < -0.4 is 5.32 Å². The highest BCUT2D eigenvalue weighted by molar-refractivity contribution is 5.93. The highest BCUT2D eigenvalue weighted by Gasteiger charge is 2.23. The maximum absolute atomic E-state index is 12.7. The minimum atomic E-state index is -0.0349. The second-order valence-corrected chi connectivity index (χ2v) is 8.46. The van der Waals surface area contributed by atoms with E-state index < -0.39 is 0 Å². The van der Waals surface area contributed by atoms with Gasteiger partial charge in [0.25, 0.3) is 0 Å². The molecular formula is C24H36N6O2. The summed E-state index contributed by atoms with van der Waals surface area (Å²) in [5.74, 6) is 0.144. The lowest BCUT2D eigenvalue weighted by atomic mass is 10.2. The Bertz CT molecular complexity index is 925. The predicted octanol–water partition coefficient (Wildman–Crippen LogP) is 2.22. The number of benzene rings is 1. The molecule has 8 nitrogen and oxygen atoms in total. The van der Waals surface area contributed by atoms with Gasteiger partial charge in [0.2, 0.25) is 11.8 Å². The van der Waals surface area contributed by atoms with E-state index in [9.17, 15) is 9.59 Å². The lowest BCUT2D eigenvalue weighted by Gasteiger charge is -2.34. The van der Waals surface area contributed by atoms with Crippen LogP contribution in [-0.2, 0) is 9.59 Å². The lowest BCUT2D eigenvalue weighted by Crippen LogP contribution is -2.51. The van der Waals surface area contributed by atoms with Crippen LogP contribution in [0.5, 0.6) is 0 Å². The fourth-order valence-electron chi connectivity index (χ4n) is 4.12. The van der Waals surface area contributed by atoms with Gasteiger partial charge in [0.05, 0.1) is 35.9 Å². The van der Waals surface area contributed by atoms with Crippen molar-refractivity contribution in [2.75, 3.05) is 57.7 Å². The van der Waals surface area contributed by atoms with Crippen molar-refractivity contribution in [2.45, 2.75) is 34.6 Å². The molecule has 1 aliphatic rings. The van der Waals surface area contributed by atoms with E-state index in [2.05, 4.69) is 39.3 Å². The van der Waals surface area contributed by atoms with Crippen LogP contribution in [-0.4, -0.2) is 88.7 Å². The summed E-state index contributed by atoms with van der Waals surface area (Å²) in [6, 6.07) is 8.17. The van der Waals surface area contributed by atoms with Crippen LogP contribution in [0.15, 0.2) is 24.3 Å². The Labute approximate surface area is 191 Å². The van der Waals surface area contributed by atoms with Crippen molar-refractivity contribution < 1.29 is 9.59 Å². The molecule has 1 aromatic carbocycles. The largest absolute Gasteiger partial charge is 0.342 e. The minimum Gasteiger partial charge on any atom is -0.342 e. The SMILES string of the molecule is CCN(CC)C(=O)CN1CCN(CC(=O)Nc2c(C)nn(-c3ccc(C)cc3)c2C)CC1. The molecule has 1 N–H and O–H groups in total. The zero-order valence-electron chi connectivity index (χ0n) is 20.0. The van der Waals surface area contributed by atoms with E-state index >= 15 is 0 Å². The first kappa shape index (κ1) is 23.9. The topological polar surface area (TPSA) is 73.7 Å². The standard InChI is InChI=1S/C24H36N6O2/c1-6-29(7-2)23(32)17-28-14-12-27(13-15-28)16-22(31)25-24-19(4)26-30(20(24)5)21-10-8-18(3)9-11-21/h8-11H,6-7,12-17H2,1-5H3,(H,25,31). The smallest absolute Gasteiger partial charge is 0.238 e. The molecule has 0 radical (unpaired) electrons. The number of piperazine rings is 1. The number of nitrogens with zero attached hydrogens (tertiary/aromatic N) is 5. The van der Waals surface area contributed by atoms with E-state index in [4.69, 9.17) is 0 Å². The van der Waals surface area contributed by atoms with Gasteiger partial charge in [-0.2, -0.15) is 5.10 Å². The van der Waals surface area contributed by atoms with Gasteiger partial charge in [-0.1, -0.05) is 17.7 Å². The van der Waals surface area contributed by atoms with Crippen molar-refractivity contribution in [3.8, 4) is 5.69 Å². The van der Waals surface area contributed by atoms with Gasteiger partial charge in [-0.05, 0) is 46.8 Å². The summed E-state index contributed by atoms with van der Waals surface area (Å²) in [6.07, 6.45) is 0. The number of likely N-dealkylation sites (N-methyl/N-ethyl adjacent to an activating group) is 1. The molecule has 2 heterocycles. The fraction of sp³-hybridized carbons (Fsp3) is 0.542. The molecule has 1 fully saturated rings. The zero-order chi connectivity index (χ0) is 23.3. The first-order valence-electron chi connectivity index (χ1n) is 11.5. The summed E-state index contributed by atoms with van der Waals surface area (Å²) in [4.78, 5) is 31.2. The van der Waals surface area contributed by atoms with Gasteiger partial charge in [0, 0.05) is 39.3 Å². The first-order valence-corrected chi connectivity index (χ1v) is 11.5. The Morgan fingerprint density at radius 1 is 0.938 bits per heavy atom. The maximum atomic E-state index is 12.7. The van der Waals surface area contributed by atoms with E-state index in [0.29, 0.717) is 13.1 Å². The Morgan fingerprint density at radius 2 is 1.50 bits per heavy atom. The summed E-state index contributed by atoms with van der Waals surface area (Å²) < 4.78 is 1.87. The Morgan fingerprint density at radius 3 is 2.06 bits per heavy atom. The number of aryl methyl sites for hydroxylation is 2. The lowest BCUT2D eigenvalue weighted by molar-refractivity contribution is -0.132. The molecule has 8 heteroatoms. The Balaban J connectivity index is 1.53. The average Bonchev–Trinajstić information content (AvgIpc) is 3.05. The summed E-state index contributed by atoms with van der Waals surface area (Å²) in [5, 5.41) is 7.68. The fourth-order valence-corrected chi connectivity index (χ4v) is 4.12. The number of anilines is 1. The van der Waals surface area contributed by atoms with Crippen LogP contribution in [0.1, 0.15) is 30.8 Å². The van der Waals surface area contributed by atoms with Gasteiger partial charge in [-0.15, -0.1) is 0 Å². The molecule has 1 aromatic heterocycles. The number of nitrogens with one attached hydrogen (secondary N) is 1. The van der Waals surface area contributed by atoms with Gasteiger partial charge in [0.15, 0.2) is 0 Å².